The highest BCUT2D eigenvalue weighted by Gasteiger charge is 2.47. The molecule has 1 unspecified atom stereocenters. The summed E-state index contributed by atoms with van der Waals surface area (Å²) in [5.41, 5.74) is 0.744. The van der Waals surface area contributed by atoms with Crippen LogP contribution in [-0.4, -0.2) is 12.4 Å². The fourth-order valence-corrected chi connectivity index (χ4v) is 3.76. The maximum Gasteiger partial charge on any atom is 0.573 e. The molecule has 3 rings (SSSR count). The topological polar surface area (TPSA) is 21.3 Å². The van der Waals surface area contributed by atoms with Crippen molar-refractivity contribution in [1.29, 1.82) is 0 Å². The summed E-state index contributed by atoms with van der Waals surface area (Å²) in [6.07, 6.45) is 3.69. The van der Waals surface area contributed by atoms with Crippen molar-refractivity contribution in [2.45, 2.75) is 57.3 Å². The van der Waals surface area contributed by atoms with Gasteiger partial charge < -0.3 is 10.1 Å². The molecular weight excluding hydrogens is 279 g/mol. The van der Waals surface area contributed by atoms with Crippen LogP contribution in [0.3, 0.4) is 0 Å². The Bertz CT molecular complexity index is 495. The molecule has 1 atom stereocenters. The van der Waals surface area contributed by atoms with Crippen LogP contribution >= 0.6 is 0 Å². The molecule has 1 spiro atoms. The standard InChI is InChI=1S/C16H20F3NO/c17-16(18,19)21-13-7-3-2-6-12(13)20-14-8-11-15(14)9-4-1-5-10-15/h2-3,6-7,14,20H,1,4-5,8-11H2. The van der Waals surface area contributed by atoms with Crippen molar-refractivity contribution < 1.29 is 17.9 Å². The van der Waals surface area contributed by atoms with Crippen LogP contribution in [-0.2, 0) is 0 Å². The summed E-state index contributed by atoms with van der Waals surface area (Å²) >= 11 is 0. The van der Waals surface area contributed by atoms with Crippen LogP contribution in [0, 0.1) is 5.41 Å². The number of nitrogens with one attached hydrogen (secondary N) is 1. The van der Waals surface area contributed by atoms with Crippen molar-refractivity contribution in [3.8, 4) is 5.75 Å². The van der Waals surface area contributed by atoms with E-state index in [1.54, 1.807) is 18.2 Å². The van der Waals surface area contributed by atoms with Gasteiger partial charge in [-0.15, -0.1) is 13.2 Å². The lowest BCUT2D eigenvalue weighted by atomic mass is 9.57. The number of para-hydroxylation sites is 2. The molecule has 2 aliphatic carbocycles. The van der Waals surface area contributed by atoms with Gasteiger partial charge in [-0.1, -0.05) is 31.4 Å². The van der Waals surface area contributed by atoms with E-state index in [1.165, 1.54) is 44.6 Å². The lowest BCUT2D eigenvalue weighted by Gasteiger charge is -2.52. The van der Waals surface area contributed by atoms with Crippen molar-refractivity contribution in [2.75, 3.05) is 5.32 Å². The normalized spacial score (nSPS) is 24.4. The Kier molecular flexibility index (Phi) is 3.76. The van der Waals surface area contributed by atoms with Gasteiger partial charge in [0.05, 0.1) is 5.69 Å². The number of benzene rings is 1. The van der Waals surface area contributed by atoms with Crippen molar-refractivity contribution in [3.05, 3.63) is 24.3 Å². The smallest absolute Gasteiger partial charge is 0.404 e. The summed E-state index contributed by atoms with van der Waals surface area (Å²) in [7, 11) is 0. The molecule has 0 amide bonds. The van der Waals surface area contributed by atoms with Crippen molar-refractivity contribution in [3.63, 3.8) is 0 Å². The maximum absolute atomic E-state index is 12.5. The Morgan fingerprint density at radius 1 is 1.05 bits per heavy atom. The second-order valence-corrected chi connectivity index (χ2v) is 6.20. The Hall–Kier alpha value is -1.39. The van der Waals surface area contributed by atoms with Crippen LogP contribution in [0.15, 0.2) is 24.3 Å². The quantitative estimate of drug-likeness (QED) is 0.837. The molecule has 116 valence electrons. The third-order valence-electron chi connectivity index (χ3n) is 4.96. The van der Waals surface area contributed by atoms with Gasteiger partial charge in [-0.05, 0) is 43.2 Å². The predicted octanol–water partition coefficient (Wildman–Crippen LogP) is 5.11. The first-order valence-corrected chi connectivity index (χ1v) is 7.60. The first-order chi connectivity index (χ1) is 9.99. The molecule has 2 saturated carbocycles. The van der Waals surface area contributed by atoms with E-state index in [9.17, 15) is 13.2 Å². The molecule has 0 aliphatic heterocycles. The summed E-state index contributed by atoms with van der Waals surface area (Å²) in [6.45, 7) is 0. The van der Waals surface area contributed by atoms with Gasteiger partial charge in [-0.2, -0.15) is 0 Å². The SMILES string of the molecule is FC(F)(F)Oc1ccccc1NC1CCC12CCCCC2. The fraction of sp³-hybridized carbons (Fsp3) is 0.625. The second kappa shape index (κ2) is 5.43. The molecule has 2 fully saturated rings. The molecule has 0 radical (unpaired) electrons. The van der Waals surface area contributed by atoms with Gasteiger partial charge >= 0.3 is 6.36 Å². The van der Waals surface area contributed by atoms with E-state index in [4.69, 9.17) is 0 Å². The molecule has 1 aromatic rings. The van der Waals surface area contributed by atoms with Crippen LogP contribution in [0.1, 0.15) is 44.9 Å². The zero-order valence-electron chi connectivity index (χ0n) is 11.9. The minimum atomic E-state index is -4.65. The van der Waals surface area contributed by atoms with Gasteiger partial charge in [0, 0.05) is 6.04 Å². The molecule has 0 heterocycles. The van der Waals surface area contributed by atoms with E-state index in [0.29, 0.717) is 11.1 Å². The summed E-state index contributed by atoms with van der Waals surface area (Å²) in [5, 5.41) is 3.31. The number of alkyl halides is 3. The average molecular weight is 299 g/mol. The summed E-state index contributed by atoms with van der Waals surface area (Å²) in [4.78, 5) is 0. The van der Waals surface area contributed by atoms with Crippen molar-refractivity contribution >= 4 is 5.69 Å². The van der Waals surface area contributed by atoms with Crippen LogP contribution in [0.25, 0.3) is 0 Å². The highest BCUT2D eigenvalue weighted by atomic mass is 19.4. The molecule has 1 aromatic carbocycles. The molecule has 21 heavy (non-hydrogen) atoms. The van der Waals surface area contributed by atoms with Gasteiger partial charge in [-0.25, -0.2) is 0 Å². The first-order valence-electron chi connectivity index (χ1n) is 7.60. The highest BCUT2D eigenvalue weighted by Crippen LogP contribution is 2.53. The summed E-state index contributed by atoms with van der Waals surface area (Å²) in [6, 6.07) is 6.59. The number of hydrogen-bond acceptors (Lipinski definition) is 2. The number of ether oxygens (including phenoxy) is 1. The largest absolute Gasteiger partial charge is 0.573 e. The zero-order valence-corrected chi connectivity index (χ0v) is 11.9. The Morgan fingerprint density at radius 3 is 2.38 bits per heavy atom. The minimum Gasteiger partial charge on any atom is -0.404 e. The van der Waals surface area contributed by atoms with Gasteiger partial charge in [0.15, 0.2) is 5.75 Å². The number of hydrogen-bond donors (Lipinski definition) is 1. The van der Waals surface area contributed by atoms with Crippen molar-refractivity contribution in [1.82, 2.24) is 0 Å². The van der Waals surface area contributed by atoms with E-state index < -0.39 is 6.36 Å². The van der Waals surface area contributed by atoms with Crippen LogP contribution in [0.5, 0.6) is 5.75 Å². The lowest BCUT2D eigenvalue weighted by molar-refractivity contribution is -0.274. The van der Waals surface area contributed by atoms with E-state index in [2.05, 4.69) is 10.1 Å². The van der Waals surface area contributed by atoms with Gasteiger partial charge in [0.1, 0.15) is 0 Å². The number of rotatable bonds is 3. The second-order valence-electron chi connectivity index (χ2n) is 6.20. The lowest BCUT2D eigenvalue weighted by Crippen LogP contribution is -2.50. The Morgan fingerprint density at radius 2 is 1.76 bits per heavy atom. The number of anilines is 1. The monoisotopic (exact) mass is 299 g/mol. The van der Waals surface area contributed by atoms with Crippen LogP contribution < -0.4 is 10.1 Å². The summed E-state index contributed by atoms with van der Waals surface area (Å²) in [5.74, 6) is -0.136. The molecule has 2 aliphatic rings. The van der Waals surface area contributed by atoms with Gasteiger partial charge in [0.25, 0.3) is 0 Å². The number of halogens is 3. The van der Waals surface area contributed by atoms with Crippen LogP contribution in [0.4, 0.5) is 18.9 Å². The van der Waals surface area contributed by atoms with E-state index in [-0.39, 0.29) is 11.8 Å². The zero-order chi connectivity index (χ0) is 14.9. The third-order valence-corrected chi connectivity index (χ3v) is 4.96. The first kappa shape index (κ1) is 14.5. The molecule has 2 nitrogen and oxygen atoms in total. The molecule has 0 aromatic heterocycles. The molecule has 0 bridgehead atoms. The average Bonchev–Trinajstić information content (AvgIpc) is 2.44. The summed E-state index contributed by atoms with van der Waals surface area (Å²) < 4.78 is 41.5. The van der Waals surface area contributed by atoms with E-state index in [0.717, 1.165) is 6.42 Å². The van der Waals surface area contributed by atoms with E-state index >= 15 is 0 Å². The molecule has 1 N–H and O–H groups in total. The highest BCUT2D eigenvalue weighted by molar-refractivity contribution is 5.57. The predicted molar refractivity (Wildman–Crippen MR) is 75.3 cm³/mol. The third kappa shape index (κ3) is 3.11. The minimum absolute atomic E-state index is 0.136. The molecular formula is C16H20F3NO. The van der Waals surface area contributed by atoms with E-state index in [1.807, 2.05) is 0 Å². The van der Waals surface area contributed by atoms with Crippen LogP contribution in [0.2, 0.25) is 0 Å². The Labute approximate surface area is 122 Å². The Balaban J connectivity index is 1.73. The molecule has 0 saturated heterocycles. The van der Waals surface area contributed by atoms with Gasteiger partial charge in [0.2, 0.25) is 0 Å². The molecule has 5 heteroatoms. The maximum atomic E-state index is 12.5. The van der Waals surface area contributed by atoms with Gasteiger partial charge in [-0.3, -0.25) is 0 Å². The fourth-order valence-electron chi connectivity index (χ4n) is 3.76. The van der Waals surface area contributed by atoms with Crippen molar-refractivity contribution in [2.24, 2.45) is 5.41 Å².